The normalized spacial score (nSPS) is 17.8. The fourth-order valence-electron chi connectivity index (χ4n) is 3.52. The first-order chi connectivity index (χ1) is 13.1. The molecule has 1 aliphatic heterocycles. The number of hydrogen-bond donors (Lipinski definition) is 1. The molecule has 1 N–H and O–H groups in total. The number of fused-ring (bicyclic) bond motifs is 1. The second-order valence-corrected chi connectivity index (χ2v) is 6.99. The van der Waals surface area contributed by atoms with Crippen LogP contribution in [-0.2, 0) is 19.1 Å². The number of para-hydroxylation sites is 2. The van der Waals surface area contributed by atoms with Crippen molar-refractivity contribution in [1.82, 2.24) is 5.32 Å². The Hall–Kier alpha value is -2.57. The van der Waals surface area contributed by atoms with Gasteiger partial charge in [-0.3, -0.25) is 19.3 Å². The number of ether oxygens (including phenoxy) is 2. The van der Waals surface area contributed by atoms with Crippen LogP contribution in [0.4, 0.5) is 5.69 Å². The number of esters is 1. The summed E-state index contributed by atoms with van der Waals surface area (Å²) in [7, 11) is 0. The molecule has 1 aliphatic carbocycles. The summed E-state index contributed by atoms with van der Waals surface area (Å²) in [4.78, 5) is 38.5. The van der Waals surface area contributed by atoms with Crippen molar-refractivity contribution in [3.63, 3.8) is 0 Å². The Morgan fingerprint density at radius 2 is 2.04 bits per heavy atom. The maximum absolute atomic E-state index is 12.5. The molecule has 146 valence electrons. The zero-order valence-corrected chi connectivity index (χ0v) is 15.6. The van der Waals surface area contributed by atoms with Gasteiger partial charge in [0.2, 0.25) is 0 Å². The molecule has 1 saturated carbocycles. The molecule has 1 aromatic rings. The number of amides is 2. The molecule has 1 aromatic carbocycles. The third-order valence-corrected chi connectivity index (χ3v) is 4.91. The summed E-state index contributed by atoms with van der Waals surface area (Å²) in [6.45, 7) is 1.58. The summed E-state index contributed by atoms with van der Waals surface area (Å²) in [5, 5.41) is 2.98. The van der Waals surface area contributed by atoms with Gasteiger partial charge in [0.05, 0.1) is 5.69 Å². The van der Waals surface area contributed by atoms with Gasteiger partial charge in [0, 0.05) is 6.04 Å². The van der Waals surface area contributed by atoms with Crippen molar-refractivity contribution >= 4 is 23.5 Å². The minimum Gasteiger partial charge on any atom is -0.482 e. The highest BCUT2D eigenvalue weighted by Crippen LogP contribution is 2.31. The fraction of sp³-hybridized carbons (Fsp3) is 0.550. The molecular formula is C20H26N2O5. The maximum Gasteiger partial charge on any atom is 0.326 e. The number of nitrogens with one attached hydrogen (secondary N) is 1. The van der Waals surface area contributed by atoms with Gasteiger partial charge in [0.1, 0.15) is 12.3 Å². The van der Waals surface area contributed by atoms with Crippen molar-refractivity contribution < 1.29 is 23.9 Å². The average molecular weight is 374 g/mol. The van der Waals surface area contributed by atoms with Gasteiger partial charge in [-0.2, -0.15) is 0 Å². The molecule has 1 atom stereocenters. The largest absolute Gasteiger partial charge is 0.482 e. The van der Waals surface area contributed by atoms with Crippen LogP contribution in [-0.4, -0.2) is 43.1 Å². The molecule has 2 aliphatic rings. The maximum atomic E-state index is 12.5. The molecule has 27 heavy (non-hydrogen) atoms. The van der Waals surface area contributed by atoms with Gasteiger partial charge in [-0.15, -0.1) is 0 Å². The van der Waals surface area contributed by atoms with Gasteiger partial charge >= 0.3 is 5.97 Å². The van der Waals surface area contributed by atoms with E-state index in [-0.39, 0.29) is 31.0 Å². The van der Waals surface area contributed by atoms with Crippen molar-refractivity contribution in [2.45, 2.75) is 57.6 Å². The summed E-state index contributed by atoms with van der Waals surface area (Å²) >= 11 is 0. The van der Waals surface area contributed by atoms with Gasteiger partial charge < -0.3 is 14.8 Å². The lowest BCUT2D eigenvalue weighted by atomic mass is 10.1. The minimum absolute atomic E-state index is 0.120. The highest BCUT2D eigenvalue weighted by atomic mass is 16.5. The number of rotatable bonds is 7. The van der Waals surface area contributed by atoms with Crippen LogP contribution in [0.3, 0.4) is 0 Å². The Balaban J connectivity index is 1.62. The second kappa shape index (κ2) is 8.88. The van der Waals surface area contributed by atoms with E-state index >= 15 is 0 Å². The third kappa shape index (κ3) is 4.78. The second-order valence-electron chi connectivity index (χ2n) is 6.99. The smallest absolute Gasteiger partial charge is 0.326 e. The lowest BCUT2D eigenvalue weighted by Crippen LogP contribution is -2.46. The lowest BCUT2D eigenvalue weighted by molar-refractivity contribution is -0.155. The molecule has 7 heteroatoms. The van der Waals surface area contributed by atoms with Crippen molar-refractivity contribution in [3.05, 3.63) is 24.3 Å². The number of nitrogens with zero attached hydrogens (tertiary/aromatic N) is 1. The summed E-state index contributed by atoms with van der Waals surface area (Å²) in [6, 6.07) is 7.21. The average Bonchev–Trinajstić information content (AvgIpc) is 3.17. The van der Waals surface area contributed by atoms with E-state index in [2.05, 4.69) is 5.32 Å². The van der Waals surface area contributed by atoms with Crippen LogP contribution in [0.1, 0.15) is 45.4 Å². The molecule has 0 radical (unpaired) electrons. The molecule has 7 nitrogen and oxygen atoms in total. The fourth-order valence-corrected chi connectivity index (χ4v) is 3.52. The number of anilines is 1. The van der Waals surface area contributed by atoms with Gasteiger partial charge in [0.25, 0.3) is 11.8 Å². The van der Waals surface area contributed by atoms with E-state index in [1.165, 1.54) is 4.90 Å². The minimum atomic E-state index is -0.825. The van der Waals surface area contributed by atoms with Crippen LogP contribution < -0.4 is 15.0 Å². The summed E-state index contributed by atoms with van der Waals surface area (Å²) in [5.41, 5.74) is 0.535. The van der Waals surface area contributed by atoms with Crippen LogP contribution >= 0.6 is 0 Å². The summed E-state index contributed by atoms with van der Waals surface area (Å²) < 4.78 is 10.8. The predicted octanol–water partition coefficient (Wildman–Crippen LogP) is 2.18. The topological polar surface area (TPSA) is 84.9 Å². The van der Waals surface area contributed by atoms with Crippen LogP contribution in [0.25, 0.3) is 0 Å². The first kappa shape index (κ1) is 19.2. The molecule has 0 unspecified atom stereocenters. The standard InChI is InChI=1S/C20H26N2O5/c1-2-7-17(20(25)21-14-8-3-4-9-14)27-19(24)12-22-15-10-5-6-11-16(15)26-13-18(22)23/h5-6,10-11,14,17H,2-4,7-9,12-13H2,1H3,(H,21,25)/t17-/m1/s1. The number of carbonyl (C=O) groups excluding carboxylic acids is 3. The molecule has 1 heterocycles. The van der Waals surface area contributed by atoms with E-state index in [9.17, 15) is 14.4 Å². The zero-order chi connectivity index (χ0) is 19.2. The monoisotopic (exact) mass is 374 g/mol. The quantitative estimate of drug-likeness (QED) is 0.740. The van der Waals surface area contributed by atoms with Crippen molar-refractivity contribution in [2.24, 2.45) is 0 Å². The Morgan fingerprint density at radius 1 is 1.30 bits per heavy atom. The SMILES string of the molecule is CCC[C@@H](OC(=O)CN1C(=O)COc2ccccc21)C(=O)NC1CCCC1. The molecule has 3 rings (SSSR count). The highest BCUT2D eigenvalue weighted by molar-refractivity contribution is 6.01. The number of benzene rings is 1. The molecule has 0 bridgehead atoms. The Labute approximate surface area is 159 Å². The third-order valence-electron chi connectivity index (χ3n) is 4.91. The van der Waals surface area contributed by atoms with E-state index < -0.39 is 12.1 Å². The molecule has 0 aromatic heterocycles. The van der Waals surface area contributed by atoms with E-state index in [1.54, 1.807) is 24.3 Å². The van der Waals surface area contributed by atoms with Crippen molar-refractivity contribution in [2.75, 3.05) is 18.1 Å². The summed E-state index contributed by atoms with van der Waals surface area (Å²) in [6.07, 6.45) is 4.51. The molecule has 1 fully saturated rings. The zero-order valence-electron chi connectivity index (χ0n) is 15.6. The Kier molecular flexibility index (Phi) is 6.32. The van der Waals surface area contributed by atoms with Crippen molar-refractivity contribution in [1.29, 1.82) is 0 Å². The molecule has 2 amide bonds. The van der Waals surface area contributed by atoms with E-state index in [1.807, 2.05) is 6.92 Å². The van der Waals surface area contributed by atoms with Crippen LogP contribution in [0, 0.1) is 0 Å². The summed E-state index contributed by atoms with van der Waals surface area (Å²) in [5.74, 6) is -0.604. The van der Waals surface area contributed by atoms with Crippen LogP contribution in [0.5, 0.6) is 5.75 Å². The van der Waals surface area contributed by atoms with Crippen LogP contribution in [0.15, 0.2) is 24.3 Å². The Bertz CT molecular complexity index is 699. The molecule has 0 saturated heterocycles. The Morgan fingerprint density at radius 3 is 2.78 bits per heavy atom. The first-order valence-corrected chi connectivity index (χ1v) is 9.60. The van der Waals surface area contributed by atoms with Gasteiger partial charge in [-0.1, -0.05) is 38.3 Å². The van der Waals surface area contributed by atoms with E-state index in [4.69, 9.17) is 9.47 Å². The molecule has 0 spiro atoms. The van der Waals surface area contributed by atoms with Gasteiger partial charge in [-0.05, 0) is 31.4 Å². The number of hydrogen-bond acceptors (Lipinski definition) is 5. The predicted molar refractivity (Wildman–Crippen MR) is 99.5 cm³/mol. The van der Waals surface area contributed by atoms with E-state index in [0.717, 1.165) is 32.1 Å². The molecular weight excluding hydrogens is 348 g/mol. The van der Waals surface area contributed by atoms with Crippen molar-refractivity contribution in [3.8, 4) is 5.75 Å². The highest BCUT2D eigenvalue weighted by Gasteiger charge is 2.30. The van der Waals surface area contributed by atoms with Gasteiger partial charge in [0.15, 0.2) is 12.7 Å². The number of carbonyl (C=O) groups is 3. The first-order valence-electron chi connectivity index (χ1n) is 9.60. The van der Waals surface area contributed by atoms with Crippen LogP contribution in [0.2, 0.25) is 0 Å². The van der Waals surface area contributed by atoms with E-state index in [0.29, 0.717) is 17.9 Å². The van der Waals surface area contributed by atoms with Gasteiger partial charge in [-0.25, -0.2) is 0 Å². The lowest BCUT2D eigenvalue weighted by Gasteiger charge is -2.29.